The number of nitrogens with zero attached hydrogens (tertiary/aromatic N) is 2. The molecule has 0 aliphatic rings. The summed E-state index contributed by atoms with van der Waals surface area (Å²) in [6, 6.07) is 18.7. The molecule has 0 atom stereocenters. The van der Waals surface area contributed by atoms with E-state index in [2.05, 4.69) is 67.0 Å². The highest BCUT2D eigenvalue weighted by Crippen LogP contribution is 2.24. The molecular formula is C18H18N2. The van der Waals surface area contributed by atoms with Crippen molar-refractivity contribution >= 4 is 11.0 Å². The zero-order valence-corrected chi connectivity index (χ0v) is 11.9. The third-order valence-corrected chi connectivity index (χ3v) is 3.37. The van der Waals surface area contributed by atoms with E-state index in [0.29, 0.717) is 0 Å². The second-order valence-electron chi connectivity index (χ2n) is 5.18. The molecule has 2 heteroatoms. The Hall–Kier alpha value is -2.35. The summed E-state index contributed by atoms with van der Waals surface area (Å²) in [6.45, 7) is 5.11. The Labute approximate surface area is 119 Å². The third-order valence-electron chi connectivity index (χ3n) is 3.37. The topological polar surface area (TPSA) is 17.8 Å². The van der Waals surface area contributed by atoms with Crippen molar-refractivity contribution < 1.29 is 0 Å². The molecule has 1 aromatic heterocycles. The van der Waals surface area contributed by atoms with Crippen LogP contribution in [0.4, 0.5) is 0 Å². The van der Waals surface area contributed by atoms with Gasteiger partial charge in [0.25, 0.3) is 0 Å². The van der Waals surface area contributed by atoms with Crippen LogP contribution in [-0.2, 0) is 6.54 Å². The van der Waals surface area contributed by atoms with Gasteiger partial charge in [0, 0.05) is 12.1 Å². The second kappa shape index (κ2) is 5.33. The average Bonchev–Trinajstić information content (AvgIpc) is 2.84. The summed E-state index contributed by atoms with van der Waals surface area (Å²) < 4.78 is 2.28. The molecule has 0 radical (unpaired) electrons. The van der Waals surface area contributed by atoms with Gasteiger partial charge in [0.15, 0.2) is 0 Å². The number of imidazole rings is 1. The fraction of sp³-hybridized carbons (Fsp3) is 0.167. The average molecular weight is 262 g/mol. The lowest BCUT2D eigenvalue weighted by atomic mass is 10.2. The van der Waals surface area contributed by atoms with Crippen LogP contribution >= 0.6 is 0 Å². The Balaban J connectivity index is 2.20. The fourth-order valence-electron chi connectivity index (χ4n) is 2.34. The lowest BCUT2D eigenvalue weighted by Gasteiger charge is -2.07. The van der Waals surface area contributed by atoms with Gasteiger partial charge in [0.1, 0.15) is 5.82 Å². The minimum Gasteiger partial charge on any atom is -0.320 e. The van der Waals surface area contributed by atoms with Crippen molar-refractivity contribution in [3.63, 3.8) is 0 Å². The summed E-state index contributed by atoms with van der Waals surface area (Å²) in [5.74, 6) is 1.03. The molecule has 3 aromatic rings. The van der Waals surface area contributed by atoms with Crippen molar-refractivity contribution in [3.05, 3.63) is 66.2 Å². The number of benzene rings is 2. The molecule has 1 heterocycles. The van der Waals surface area contributed by atoms with Crippen LogP contribution in [0.2, 0.25) is 0 Å². The highest BCUT2D eigenvalue weighted by Gasteiger charge is 2.10. The van der Waals surface area contributed by atoms with Gasteiger partial charge < -0.3 is 4.57 Å². The maximum Gasteiger partial charge on any atom is 0.141 e. The van der Waals surface area contributed by atoms with Crippen molar-refractivity contribution in [2.75, 3.05) is 0 Å². The van der Waals surface area contributed by atoms with Gasteiger partial charge in [-0.15, -0.1) is 0 Å². The molecule has 2 nitrogen and oxygen atoms in total. The van der Waals surface area contributed by atoms with Crippen molar-refractivity contribution in [2.45, 2.75) is 20.4 Å². The number of allylic oxidation sites excluding steroid dienone is 2. The summed E-state index contributed by atoms with van der Waals surface area (Å²) >= 11 is 0. The van der Waals surface area contributed by atoms with E-state index in [1.54, 1.807) is 0 Å². The molecule has 2 aromatic carbocycles. The lowest BCUT2D eigenvalue weighted by molar-refractivity contribution is 0.853. The Kier molecular flexibility index (Phi) is 3.38. The first-order valence-electron chi connectivity index (χ1n) is 6.90. The zero-order chi connectivity index (χ0) is 13.9. The van der Waals surface area contributed by atoms with Crippen molar-refractivity contribution in [1.82, 2.24) is 9.55 Å². The predicted octanol–water partition coefficient (Wildman–Crippen LogP) is 4.67. The Bertz CT molecular complexity index is 747. The Morgan fingerprint density at radius 2 is 1.70 bits per heavy atom. The molecule has 0 fully saturated rings. The normalized spacial score (nSPS) is 10.7. The van der Waals surface area contributed by atoms with E-state index in [-0.39, 0.29) is 0 Å². The molecule has 0 unspecified atom stereocenters. The quantitative estimate of drug-likeness (QED) is 0.627. The molecule has 0 saturated carbocycles. The summed E-state index contributed by atoms with van der Waals surface area (Å²) in [5.41, 5.74) is 4.71. The Morgan fingerprint density at radius 3 is 2.45 bits per heavy atom. The number of rotatable bonds is 3. The molecule has 0 aliphatic heterocycles. The van der Waals surface area contributed by atoms with Crippen LogP contribution < -0.4 is 0 Å². The van der Waals surface area contributed by atoms with Gasteiger partial charge in [-0.05, 0) is 26.0 Å². The largest absolute Gasteiger partial charge is 0.320 e. The summed E-state index contributed by atoms with van der Waals surface area (Å²) in [5, 5.41) is 0. The molecule has 100 valence electrons. The Morgan fingerprint density at radius 1 is 1.00 bits per heavy atom. The molecule has 0 amide bonds. The molecular weight excluding hydrogens is 244 g/mol. The maximum absolute atomic E-state index is 4.79. The summed E-state index contributed by atoms with van der Waals surface area (Å²) in [4.78, 5) is 4.79. The number of hydrogen-bond acceptors (Lipinski definition) is 1. The molecule has 0 N–H and O–H groups in total. The van der Waals surface area contributed by atoms with E-state index in [0.717, 1.165) is 23.4 Å². The number of fused-ring (bicyclic) bond motifs is 1. The van der Waals surface area contributed by atoms with E-state index in [1.807, 2.05) is 12.1 Å². The molecule has 0 bridgehead atoms. The molecule has 3 rings (SSSR count). The number of hydrogen-bond donors (Lipinski definition) is 0. The second-order valence-corrected chi connectivity index (χ2v) is 5.18. The van der Waals surface area contributed by atoms with Gasteiger partial charge in [-0.3, -0.25) is 0 Å². The van der Waals surface area contributed by atoms with E-state index in [9.17, 15) is 0 Å². The first-order chi connectivity index (χ1) is 9.75. The monoisotopic (exact) mass is 262 g/mol. The van der Waals surface area contributed by atoms with E-state index in [1.165, 1.54) is 11.1 Å². The fourth-order valence-corrected chi connectivity index (χ4v) is 2.34. The van der Waals surface area contributed by atoms with Crippen LogP contribution in [0.15, 0.2) is 66.2 Å². The smallest absolute Gasteiger partial charge is 0.141 e. The first-order valence-corrected chi connectivity index (χ1v) is 6.90. The van der Waals surface area contributed by atoms with E-state index < -0.39 is 0 Å². The van der Waals surface area contributed by atoms with Crippen LogP contribution in [0.5, 0.6) is 0 Å². The van der Waals surface area contributed by atoms with Crippen molar-refractivity contribution in [2.24, 2.45) is 0 Å². The summed E-state index contributed by atoms with van der Waals surface area (Å²) in [6.07, 6.45) is 2.24. The highest BCUT2D eigenvalue weighted by molar-refractivity contribution is 5.80. The molecule has 20 heavy (non-hydrogen) atoms. The van der Waals surface area contributed by atoms with Crippen LogP contribution in [-0.4, -0.2) is 9.55 Å². The zero-order valence-electron chi connectivity index (χ0n) is 11.9. The van der Waals surface area contributed by atoms with Gasteiger partial charge in [-0.25, -0.2) is 4.98 Å². The van der Waals surface area contributed by atoms with Gasteiger partial charge in [-0.1, -0.05) is 54.1 Å². The lowest BCUT2D eigenvalue weighted by Crippen LogP contribution is -1.98. The van der Waals surface area contributed by atoms with Crippen molar-refractivity contribution in [3.8, 4) is 11.4 Å². The van der Waals surface area contributed by atoms with Gasteiger partial charge >= 0.3 is 0 Å². The molecule has 0 aliphatic carbocycles. The predicted molar refractivity (Wildman–Crippen MR) is 84.6 cm³/mol. The van der Waals surface area contributed by atoms with E-state index >= 15 is 0 Å². The van der Waals surface area contributed by atoms with E-state index in [4.69, 9.17) is 4.98 Å². The van der Waals surface area contributed by atoms with Gasteiger partial charge in [0.2, 0.25) is 0 Å². The van der Waals surface area contributed by atoms with Gasteiger partial charge in [-0.2, -0.15) is 0 Å². The van der Waals surface area contributed by atoms with Crippen LogP contribution in [0.1, 0.15) is 13.8 Å². The number of aromatic nitrogens is 2. The highest BCUT2D eigenvalue weighted by atomic mass is 15.1. The van der Waals surface area contributed by atoms with Gasteiger partial charge in [0.05, 0.1) is 11.0 Å². The standard InChI is InChI=1S/C18H18N2/c1-14(2)12-13-20-17-11-7-6-10-16(17)19-18(20)15-8-4-3-5-9-15/h3-12H,13H2,1-2H3. The minimum absolute atomic E-state index is 0.854. The van der Waals surface area contributed by atoms with Crippen LogP contribution in [0.25, 0.3) is 22.4 Å². The van der Waals surface area contributed by atoms with Crippen LogP contribution in [0, 0.1) is 0 Å². The SMILES string of the molecule is CC(C)=CCn1c(-c2ccccc2)nc2ccccc21. The first kappa shape index (κ1) is 12.7. The molecule has 0 spiro atoms. The number of para-hydroxylation sites is 2. The maximum atomic E-state index is 4.79. The summed E-state index contributed by atoms with van der Waals surface area (Å²) in [7, 11) is 0. The third kappa shape index (κ3) is 2.37. The van der Waals surface area contributed by atoms with Crippen molar-refractivity contribution in [1.29, 1.82) is 0 Å². The minimum atomic E-state index is 0.854. The molecule has 0 saturated heterocycles. The van der Waals surface area contributed by atoms with Crippen LogP contribution in [0.3, 0.4) is 0 Å².